The van der Waals surface area contributed by atoms with Crippen LogP contribution < -0.4 is 0 Å². The molecule has 1 rings (SSSR count). The van der Waals surface area contributed by atoms with Crippen LogP contribution in [0.15, 0.2) is 35.6 Å². The Morgan fingerprint density at radius 2 is 2.00 bits per heavy atom. The van der Waals surface area contributed by atoms with Crippen LogP contribution in [0.2, 0.25) is 0 Å². The summed E-state index contributed by atoms with van der Waals surface area (Å²) in [5.74, 6) is 1.30. The van der Waals surface area contributed by atoms with E-state index in [2.05, 4.69) is 33.9 Å². The van der Waals surface area contributed by atoms with Crippen molar-refractivity contribution >= 4 is 5.97 Å². The van der Waals surface area contributed by atoms with Crippen LogP contribution in [0, 0.1) is 11.8 Å². The molecule has 2 atom stereocenters. The highest BCUT2D eigenvalue weighted by atomic mass is 16.5. The first-order valence-corrected chi connectivity index (χ1v) is 7.61. The van der Waals surface area contributed by atoms with Crippen molar-refractivity contribution < 1.29 is 9.53 Å². The minimum Gasteiger partial charge on any atom is -0.427 e. The maximum absolute atomic E-state index is 11.9. The molecule has 0 amide bonds. The fourth-order valence-corrected chi connectivity index (χ4v) is 2.89. The van der Waals surface area contributed by atoms with Crippen molar-refractivity contribution in [2.75, 3.05) is 0 Å². The third-order valence-electron chi connectivity index (χ3n) is 4.13. The van der Waals surface area contributed by atoms with E-state index in [1.807, 2.05) is 0 Å². The lowest BCUT2D eigenvalue weighted by Crippen LogP contribution is -2.26. The van der Waals surface area contributed by atoms with Gasteiger partial charge >= 0.3 is 5.97 Å². The summed E-state index contributed by atoms with van der Waals surface area (Å²) in [6.45, 7) is 15.8. The van der Waals surface area contributed by atoms with Crippen molar-refractivity contribution in [1.29, 1.82) is 0 Å². The summed E-state index contributed by atoms with van der Waals surface area (Å²) in [6.07, 6.45) is 5.46. The topological polar surface area (TPSA) is 26.3 Å². The number of rotatable bonds is 6. The molecule has 0 aromatic rings. The third kappa shape index (κ3) is 4.09. The van der Waals surface area contributed by atoms with Crippen LogP contribution in [-0.4, -0.2) is 5.97 Å². The van der Waals surface area contributed by atoms with Crippen LogP contribution in [-0.2, 0) is 9.53 Å². The number of carbonyl (C=O) groups excluding carboxylic acids is 1. The van der Waals surface area contributed by atoms with E-state index < -0.39 is 0 Å². The van der Waals surface area contributed by atoms with Crippen molar-refractivity contribution in [1.82, 2.24) is 0 Å². The quantitative estimate of drug-likeness (QED) is 0.380. The zero-order chi connectivity index (χ0) is 15.3. The summed E-state index contributed by atoms with van der Waals surface area (Å²) in [5.41, 5.74) is 2.86. The summed E-state index contributed by atoms with van der Waals surface area (Å²) in [7, 11) is 0. The van der Waals surface area contributed by atoms with E-state index in [9.17, 15) is 4.79 Å². The summed E-state index contributed by atoms with van der Waals surface area (Å²) in [5, 5.41) is 0. The highest BCUT2D eigenvalue weighted by Gasteiger charge is 2.32. The van der Waals surface area contributed by atoms with Gasteiger partial charge in [-0.2, -0.15) is 0 Å². The normalized spacial score (nSPS) is 22.6. The van der Waals surface area contributed by atoms with Gasteiger partial charge in [0.1, 0.15) is 5.76 Å². The molecule has 0 aromatic heterocycles. The van der Waals surface area contributed by atoms with E-state index in [1.165, 1.54) is 11.1 Å². The first-order valence-electron chi connectivity index (χ1n) is 7.61. The Hall–Kier alpha value is -1.31. The molecular weight excluding hydrogens is 248 g/mol. The van der Waals surface area contributed by atoms with Gasteiger partial charge in [-0.1, -0.05) is 38.5 Å². The number of allylic oxidation sites excluding steroid dienone is 3. The van der Waals surface area contributed by atoms with Crippen molar-refractivity contribution in [3.05, 3.63) is 35.6 Å². The number of ether oxygens (including phenoxy) is 1. The number of hydrogen-bond acceptors (Lipinski definition) is 2. The molecule has 0 heterocycles. The minimum absolute atomic E-state index is 0.296. The molecule has 20 heavy (non-hydrogen) atoms. The molecule has 0 aromatic carbocycles. The molecule has 0 aliphatic heterocycles. The average molecular weight is 276 g/mol. The van der Waals surface area contributed by atoms with Crippen LogP contribution in [0.1, 0.15) is 59.8 Å². The monoisotopic (exact) mass is 276 g/mol. The van der Waals surface area contributed by atoms with Gasteiger partial charge in [-0.25, -0.2) is 4.79 Å². The number of unbranched alkanes of at least 4 members (excludes halogenated alkanes) is 1. The Morgan fingerprint density at radius 1 is 1.35 bits per heavy atom. The van der Waals surface area contributed by atoms with Crippen molar-refractivity contribution in [2.24, 2.45) is 11.8 Å². The summed E-state index contributed by atoms with van der Waals surface area (Å²) >= 11 is 0. The number of hydrogen-bond donors (Lipinski definition) is 0. The van der Waals surface area contributed by atoms with Gasteiger partial charge < -0.3 is 4.74 Å². The average Bonchev–Trinajstić information content (AvgIpc) is 2.38. The Morgan fingerprint density at radius 3 is 2.50 bits per heavy atom. The van der Waals surface area contributed by atoms with Gasteiger partial charge in [0.05, 0.1) is 0 Å². The van der Waals surface area contributed by atoms with Gasteiger partial charge in [0.2, 0.25) is 0 Å². The molecular formula is C18H28O2. The maximum atomic E-state index is 11.9. The van der Waals surface area contributed by atoms with Crippen molar-refractivity contribution in [3.63, 3.8) is 0 Å². The van der Waals surface area contributed by atoms with E-state index in [4.69, 9.17) is 4.74 Å². The molecule has 0 saturated heterocycles. The Labute approximate surface area is 123 Å². The van der Waals surface area contributed by atoms with Crippen molar-refractivity contribution in [3.8, 4) is 0 Å². The predicted octanol–water partition coefficient (Wildman–Crippen LogP) is 5.17. The standard InChI is InChI=1S/C18H28O2/c1-7-8-9-16-15(12(2)3)11-10-14(6)17(16)20-18(19)13(4)5/h15-16H,2,4,7-11H2,1,3,5-6H3/t15-,16?/m0/s1. The molecule has 0 bridgehead atoms. The molecule has 0 saturated carbocycles. The van der Waals surface area contributed by atoms with Crippen LogP contribution in [0.3, 0.4) is 0 Å². The zero-order valence-electron chi connectivity index (χ0n) is 13.4. The van der Waals surface area contributed by atoms with E-state index in [1.54, 1.807) is 6.92 Å². The Kier molecular flexibility index (Phi) is 6.25. The smallest absolute Gasteiger partial charge is 0.338 e. The van der Waals surface area contributed by atoms with Gasteiger partial charge in [-0.05, 0) is 51.5 Å². The third-order valence-corrected chi connectivity index (χ3v) is 4.13. The number of carbonyl (C=O) groups is 1. The van der Waals surface area contributed by atoms with Crippen LogP contribution in [0.4, 0.5) is 0 Å². The lowest BCUT2D eigenvalue weighted by atomic mass is 9.74. The summed E-state index contributed by atoms with van der Waals surface area (Å²) < 4.78 is 5.66. The van der Waals surface area contributed by atoms with Crippen LogP contribution >= 0.6 is 0 Å². The molecule has 0 radical (unpaired) electrons. The lowest BCUT2D eigenvalue weighted by Gasteiger charge is -2.34. The second kappa shape index (κ2) is 7.47. The zero-order valence-corrected chi connectivity index (χ0v) is 13.4. The highest BCUT2D eigenvalue weighted by Crippen LogP contribution is 2.41. The molecule has 0 N–H and O–H groups in total. The lowest BCUT2D eigenvalue weighted by molar-refractivity contribution is -0.136. The molecule has 1 unspecified atom stereocenters. The molecule has 1 aliphatic carbocycles. The summed E-state index contributed by atoms with van der Waals surface area (Å²) in [6, 6.07) is 0. The molecule has 2 nitrogen and oxygen atoms in total. The summed E-state index contributed by atoms with van der Waals surface area (Å²) in [4.78, 5) is 11.9. The fourth-order valence-electron chi connectivity index (χ4n) is 2.89. The van der Waals surface area contributed by atoms with Gasteiger partial charge in [-0.3, -0.25) is 0 Å². The second-order valence-electron chi connectivity index (χ2n) is 6.05. The molecule has 1 aliphatic rings. The Balaban J connectivity index is 3.01. The van der Waals surface area contributed by atoms with E-state index in [0.29, 0.717) is 17.4 Å². The van der Waals surface area contributed by atoms with E-state index in [0.717, 1.165) is 37.9 Å². The minimum atomic E-state index is -0.303. The Bertz CT molecular complexity index is 429. The molecule has 2 heteroatoms. The second-order valence-corrected chi connectivity index (χ2v) is 6.05. The largest absolute Gasteiger partial charge is 0.427 e. The van der Waals surface area contributed by atoms with Gasteiger partial charge in [0.25, 0.3) is 0 Å². The van der Waals surface area contributed by atoms with Gasteiger partial charge in [-0.15, -0.1) is 0 Å². The van der Waals surface area contributed by atoms with Gasteiger partial charge in [0.15, 0.2) is 0 Å². The first-order chi connectivity index (χ1) is 9.38. The van der Waals surface area contributed by atoms with Crippen LogP contribution in [0.5, 0.6) is 0 Å². The van der Waals surface area contributed by atoms with Gasteiger partial charge in [0, 0.05) is 11.5 Å². The van der Waals surface area contributed by atoms with Crippen LogP contribution in [0.25, 0.3) is 0 Å². The van der Waals surface area contributed by atoms with E-state index >= 15 is 0 Å². The molecule has 112 valence electrons. The molecule has 0 fully saturated rings. The maximum Gasteiger partial charge on any atom is 0.338 e. The van der Waals surface area contributed by atoms with Crippen molar-refractivity contribution in [2.45, 2.75) is 59.8 Å². The first kappa shape index (κ1) is 16.7. The predicted molar refractivity (Wildman–Crippen MR) is 84.2 cm³/mol. The number of esters is 1. The SMILES string of the molecule is C=C(C)C(=O)OC1=C(C)CC[C@@H](C(=C)C)C1CCCC. The highest BCUT2D eigenvalue weighted by molar-refractivity contribution is 5.87. The van der Waals surface area contributed by atoms with E-state index in [-0.39, 0.29) is 5.97 Å². The fraction of sp³-hybridized carbons (Fsp3) is 0.611. The molecule has 0 spiro atoms.